The Morgan fingerprint density at radius 2 is 2.22 bits per heavy atom. The molecule has 2 N–H and O–H groups in total. The molecule has 1 aliphatic rings. The molecule has 18 heavy (non-hydrogen) atoms. The molecule has 1 aliphatic heterocycles. The lowest BCUT2D eigenvalue weighted by atomic mass is 9.89. The number of benzene rings is 1. The van der Waals surface area contributed by atoms with Gasteiger partial charge in [-0.05, 0) is 57.1 Å². The molecule has 2 unspecified atom stereocenters. The zero-order valence-electron chi connectivity index (χ0n) is 10.7. The molecule has 1 aromatic rings. The summed E-state index contributed by atoms with van der Waals surface area (Å²) >= 11 is 6.00. The van der Waals surface area contributed by atoms with Crippen LogP contribution in [0.3, 0.4) is 0 Å². The minimum atomic E-state index is -0.184. The number of nitrogens with two attached hydrogens (primary N) is 1. The molecule has 1 saturated heterocycles. The third kappa shape index (κ3) is 2.85. The first-order valence-corrected chi connectivity index (χ1v) is 6.86. The van der Waals surface area contributed by atoms with E-state index in [0.29, 0.717) is 23.0 Å². The van der Waals surface area contributed by atoms with E-state index in [1.54, 1.807) is 12.1 Å². The molecule has 4 heteroatoms. The maximum absolute atomic E-state index is 14.0. The summed E-state index contributed by atoms with van der Waals surface area (Å²) in [5, 5.41) is 0.583. The van der Waals surface area contributed by atoms with Crippen LogP contribution in [0, 0.1) is 11.7 Å². The second-order valence-corrected chi connectivity index (χ2v) is 5.52. The van der Waals surface area contributed by atoms with Gasteiger partial charge >= 0.3 is 0 Å². The maximum Gasteiger partial charge on any atom is 0.128 e. The van der Waals surface area contributed by atoms with Gasteiger partial charge in [-0.1, -0.05) is 18.0 Å². The van der Waals surface area contributed by atoms with Gasteiger partial charge in [0.25, 0.3) is 0 Å². The number of likely N-dealkylation sites (tertiary alicyclic amines) is 1. The summed E-state index contributed by atoms with van der Waals surface area (Å²) in [5.74, 6) is 0.113. The number of nitrogens with zero attached hydrogens (tertiary/aromatic N) is 1. The molecule has 2 atom stereocenters. The standard InChI is InChI=1S/C14H20ClFN2/c1-18-7-3-2-4-10(9-17)14(18)12-8-11(15)5-6-13(12)16/h5-6,8,10,14H,2-4,7,9,17H2,1H3. The van der Waals surface area contributed by atoms with Gasteiger partial charge in [-0.3, -0.25) is 4.90 Å². The topological polar surface area (TPSA) is 29.3 Å². The van der Waals surface area contributed by atoms with Crippen molar-refractivity contribution in [1.82, 2.24) is 4.90 Å². The van der Waals surface area contributed by atoms with Gasteiger partial charge in [-0.25, -0.2) is 4.39 Å². The van der Waals surface area contributed by atoms with Crippen LogP contribution in [-0.2, 0) is 0 Å². The van der Waals surface area contributed by atoms with E-state index in [9.17, 15) is 4.39 Å². The monoisotopic (exact) mass is 270 g/mol. The van der Waals surface area contributed by atoms with Gasteiger partial charge in [0.2, 0.25) is 0 Å². The van der Waals surface area contributed by atoms with E-state index >= 15 is 0 Å². The Hall–Kier alpha value is -0.640. The highest BCUT2D eigenvalue weighted by Gasteiger charge is 2.30. The molecule has 1 fully saturated rings. The molecule has 1 heterocycles. The first-order valence-electron chi connectivity index (χ1n) is 6.48. The summed E-state index contributed by atoms with van der Waals surface area (Å²) < 4.78 is 14.0. The van der Waals surface area contributed by atoms with Gasteiger partial charge in [-0.2, -0.15) is 0 Å². The smallest absolute Gasteiger partial charge is 0.128 e. The lowest BCUT2D eigenvalue weighted by Crippen LogP contribution is -2.33. The normalized spacial score (nSPS) is 26.0. The molecule has 0 spiro atoms. The van der Waals surface area contributed by atoms with Crippen LogP contribution in [0.4, 0.5) is 4.39 Å². The van der Waals surface area contributed by atoms with Gasteiger partial charge in [0, 0.05) is 16.6 Å². The minimum Gasteiger partial charge on any atom is -0.330 e. The van der Waals surface area contributed by atoms with Gasteiger partial charge < -0.3 is 5.73 Å². The lowest BCUT2D eigenvalue weighted by Gasteiger charge is -2.32. The van der Waals surface area contributed by atoms with Gasteiger partial charge in [0.1, 0.15) is 5.82 Å². The molecule has 0 aliphatic carbocycles. The average molecular weight is 271 g/mol. The Kier molecular flexibility index (Phi) is 4.60. The van der Waals surface area contributed by atoms with E-state index < -0.39 is 0 Å². The van der Waals surface area contributed by atoms with Crippen LogP contribution >= 0.6 is 11.6 Å². The van der Waals surface area contributed by atoms with Crippen LogP contribution < -0.4 is 5.73 Å². The molecule has 0 bridgehead atoms. The minimum absolute atomic E-state index is 0.0381. The second kappa shape index (κ2) is 6.00. The predicted octanol–water partition coefficient (Wildman–Crippen LogP) is 3.21. The van der Waals surface area contributed by atoms with Crippen molar-refractivity contribution in [2.75, 3.05) is 20.1 Å². The predicted molar refractivity (Wildman–Crippen MR) is 73.2 cm³/mol. The van der Waals surface area contributed by atoms with Crippen molar-refractivity contribution in [3.63, 3.8) is 0 Å². The molecule has 0 radical (unpaired) electrons. The number of hydrogen-bond acceptors (Lipinski definition) is 2. The summed E-state index contributed by atoms with van der Waals surface area (Å²) in [6.07, 6.45) is 3.36. The maximum atomic E-state index is 14.0. The Bertz CT molecular complexity index is 411. The fourth-order valence-electron chi connectivity index (χ4n) is 2.90. The van der Waals surface area contributed by atoms with Crippen molar-refractivity contribution in [2.45, 2.75) is 25.3 Å². The Labute approximate surface area is 113 Å². The average Bonchev–Trinajstić information content (AvgIpc) is 2.54. The summed E-state index contributed by atoms with van der Waals surface area (Å²) in [6, 6.07) is 4.82. The van der Waals surface area contributed by atoms with Crippen LogP contribution in [0.15, 0.2) is 18.2 Å². The quantitative estimate of drug-likeness (QED) is 0.894. The fourth-order valence-corrected chi connectivity index (χ4v) is 3.08. The van der Waals surface area contributed by atoms with Crippen molar-refractivity contribution in [3.8, 4) is 0 Å². The van der Waals surface area contributed by atoms with E-state index in [1.807, 2.05) is 7.05 Å². The molecule has 0 amide bonds. The molecule has 100 valence electrons. The van der Waals surface area contributed by atoms with E-state index in [1.165, 1.54) is 6.07 Å². The molecule has 2 rings (SSSR count). The summed E-state index contributed by atoms with van der Waals surface area (Å²) in [6.45, 7) is 1.56. The van der Waals surface area contributed by atoms with Gasteiger partial charge in [-0.15, -0.1) is 0 Å². The molecule has 0 saturated carbocycles. The van der Waals surface area contributed by atoms with E-state index in [-0.39, 0.29) is 11.9 Å². The zero-order chi connectivity index (χ0) is 13.1. The number of halogens is 2. The number of rotatable bonds is 2. The van der Waals surface area contributed by atoms with Crippen LogP contribution in [-0.4, -0.2) is 25.0 Å². The first-order chi connectivity index (χ1) is 8.63. The van der Waals surface area contributed by atoms with Crippen molar-refractivity contribution in [2.24, 2.45) is 11.7 Å². The van der Waals surface area contributed by atoms with Crippen LogP contribution in [0.25, 0.3) is 0 Å². The highest BCUT2D eigenvalue weighted by Crippen LogP contribution is 2.35. The molecular weight excluding hydrogens is 251 g/mol. The fraction of sp³-hybridized carbons (Fsp3) is 0.571. The highest BCUT2D eigenvalue weighted by atomic mass is 35.5. The van der Waals surface area contributed by atoms with Crippen molar-refractivity contribution < 1.29 is 4.39 Å². The Balaban J connectivity index is 2.39. The zero-order valence-corrected chi connectivity index (χ0v) is 11.5. The van der Waals surface area contributed by atoms with Crippen molar-refractivity contribution in [3.05, 3.63) is 34.6 Å². The highest BCUT2D eigenvalue weighted by molar-refractivity contribution is 6.30. The molecule has 2 nitrogen and oxygen atoms in total. The number of hydrogen-bond donors (Lipinski definition) is 1. The third-order valence-corrected chi connectivity index (χ3v) is 4.07. The Morgan fingerprint density at radius 3 is 2.94 bits per heavy atom. The van der Waals surface area contributed by atoms with Gasteiger partial charge in [0.05, 0.1) is 0 Å². The van der Waals surface area contributed by atoms with Crippen molar-refractivity contribution >= 4 is 11.6 Å². The van der Waals surface area contributed by atoms with Gasteiger partial charge in [0.15, 0.2) is 0 Å². The summed E-state index contributed by atoms with van der Waals surface area (Å²) in [4.78, 5) is 2.21. The van der Waals surface area contributed by atoms with Crippen LogP contribution in [0.5, 0.6) is 0 Å². The van der Waals surface area contributed by atoms with E-state index in [4.69, 9.17) is 17.3 Å². The summed E-state index contributed by atoms with van der Waals surface area (Å²) in [7, 11) is 2.04. The second-order valence-electron chi connectivity index (χ2n) is 5.08. The first kappa shape index (κ1) is 13.8. The van der Waals surface area contributed by atoms with E-state index in [0.717, 1.165) is 25.8 Å². The van der Waals surface area contributed by atoms with Crippen LogP contribution in [0.2, 0.25) is 5.02 Å². The molecule has 0 aromatic heterocycles. The molecule has 1 aromatic carbocycles. The molecular formula is C14H20ClFN2. The van der Waals surface area contributed by atoms with Crippen LogP contribution in [0.1, 0.15) is 30.9 Å². The lowest BCUT2D eigenvalue weighted by molar-refractivity contribution is 0.191. The van der Waals surface area contributed by atoms with Crippen molar-refractivity contribution in [1.29, 1.82) is 0 Å². The SMILES string of the molecule is CN1CCCCC(CN)C1c1cc(Cl)ccc1F. The van der Waals surface area contributed by atoms with E-state index in [2.05, 4.69) is 4.90 Å². The summed E-state index contributed by atoms with van der Waals surface area (Å²) in [5.41, 5.74) is 6.55. The largest absolute Gasteiger partial charge is 0.330 e. The Morgan fingerprint density at radius 1 is 1.44 bits per heavy atom. The third-order valence-electron chi connectivity index (χ3n) is 3.84.